The van der Waals surface area contributed by atoms with Crippen molar-refractivity contribution in [2.45, 2.75) is 38.7 Å². The van der Waals surface area contributed by atoms with Crippen molar-refractivity contribution < 1.29 is 28.5 Å². The number of carbonyl (C=O) groups is 2. The zero-order chi connectivity index (χ0) is 25.1. The highest BCUT2D eigenvalue weighted by atomic mass is 79.9. The molecule has 0 unspecified atom stereocenters. The van der Waals surface area contributed by atoms with E-state index < -0.39 is 11.9 Å². The second-order valence-corrected chi connectivity index (χ2v) is 9.39. The zero-order valence-corrected chi connectivity index (χ0v) is 21.7. The van der Waals surface area contributed by atoms with Crippen molar-refractivity contribution in [3.05, 3.63) is 79.8 Å². The highest BCUT2D eigenvalue weighted by Gasteiger charge is 2.41. The first kappa shape index (κ1) is 25.1. The summed E-state index contributed by atoms with van der Waals surface area (Å²) in [6.07, 6.45) is 1.60. The Morgan fingerprint density at radius 2 is 1.94 bits per heavy atom. The maximum Gasteiger partial charge on any atom is 0.340 e. The van der Waals surface area contributed by atoms with Gasteiger partial charge in [0.15, 0.2) is 17.3 Å². The van der Waals surface area contributed by atoms with E-state index in [-0.39, 0.29) is 17.2 Å². The van der Waals surface area contributed by atoms with Crippen LogP contribution in [0.25, 0.3) is 0 Å². The van der Waals surface area contributed by atoms with Crippen molar-refractivity contribution in [3.8, 4) is 11.5 Å². The lowest BCUT2D eigenvalue weighted by atomic mass is 9.77. The zero-order valence-electron chi connectivity index (χ0n) is 19.4. The molecular formula is C26H25BrClNO6. The Labute approximate surface area is 216 Å². The van der Waals surface area contributed by atoms with Crippen molar-refractivity contribution in [1.82, 2.24) is 0 Å². The third-order valence-corrected chi connectivity index (χ3v) is 6.69. The van der Waals surface area contributed by atoms with Gasteiger partial charge < -0.3 is 24.7 Å². The molecule has 0 amide bonds. The molecule has 0 saturated heterocycles. The van der Waals surface area contributed by atoms with Gasteiger partial charge in [0.05, 0.1) is 24.1 Å². The van der Waals surface area contributed by atoms with Crippen molar-refractivity contribution >= 4 is 39.3 Å². The van der Waals surface area contributed by atoms with Gasteiger partial charge in [0.1, 0.15) is 17.9 Å². The number of carbonyl (C=O) groups excluding carboxylic acids is 2. The second-order valence-electron chi connectivity index (χ2n) is 8.10. The molecule has 9 heteroatoms. The van der Waals surface area contributed by atoms with Crippen LogP contribution in [0, 0.1) is 0 Å². The second kappa shape index (κ2) is 10.7. The summed E-state index contributed by atoms with van der Waals surface area (Å²) in [6.45, 7) is 2.54. The Morgan fingerprint density at radius 1 is 1.20 bits per heavy atom. The number of Topliss-reactive ketones (excluding diaryl/α,β-unsaturated/α-hetero) is 1. The summed E-state index contributed by atoms with van der Waals surface area (Å²) in [5, 5.41) is 0.644. The van der Waals surface area contributed by atoms with Crippen molar-refractivity contribution in [2.24, 2.45) is 5.73 Å². The van der Waals surface area contributed by atoms with Crippen LogP contribution in [-0.4, -0.2) is 25.5 Å². The number of ketones is 1. The molecule has 35 heavy (non-hydrogen) atoms. The molecule has 0 radical (unpaired) electrons. The predicted octanol–water partition coefficient (Wildman–Crippen LogP) is 5.54. The normalized spacial score (nSPS) is 17.6. The average molecular weight is 563 g/mol. The van der Waals surface area contributed by atoms with Crippen LogP contribution in [0.2, 0.25) is 5.02 Å². The van der Waals surface area contributed by atoms with Gasteiger partial charge in [-0.3, -0.25) is 4.79 Å². The summed E-state index contributed by atoms with van der Waals surface area (Å²) in [5.41, 5.74) is 8.24. The number of esters is 1. The summed E-state index contributed by atoms with van der Waals surface area (Å²) in [4.78, 5) is 25.7. The molecule has 2 aliphatic rings. The molecule has 184 valence electrons. The van der Waals surface area contributed by atoms with E-state index >= 15 is 0 Å². The highest BCUT2D eigenvalue weighted by molar-refractivity contribution is 9.10. The van der Waals surface area contributed by atoms with Gasteiger partial charge in [-0.25, -0.2) is 4.79 Å². The van der Waals surface area contributed by atoms with Crippen LogP contribution in [-0.2, 0) is 25.7 Å². The van der Waals surface area contributed by atoms with Crippen molar-refractivity contribution in [2.75, 3.05) is 13.7 Å². The molecule has 1 heterocycles. The molecule has 0 bridgehead atoms. The quantitative estimate of drug-likeness (QED) is 0.442. The largest absolute Gasteiger partial charge is 0.490 e. The van der Waals surface area contributed by atoms with Gasteiger partial charge in [0.25, 0.3) is 0 Å². The Kier molecular flexibility index (Phi) is 7.72. The molecule has 0 saturated carbocycles. The molecule has 1 atom stereocenters. The summed E-state index contributed by atoms with van der Waals surface area (Å²) in [7, 11) is 1.27. The number of methoxy groups -OCH3 is 1. The maximum absolute atomic E-state index is 13.0. The fourth-order valence-electron chi connectivity index (χ4n) is 4.29. The smallest absolute Gasteiger partial charge is 0.340 e. The van der Waals surface area contributed by atoms with Gasteiger partial charge in [-0.15, -0.1) is 0 Å². The number of halogens is 2. The van der Waals surface area contributed by atoms with E-state index in [4.69, 9.17) is 36.3 Å². The van der Waals surface area contributed by atoms with Crippen LogP contribution < -0.4 is 15.2 Å². The van der Waals surface area contributed by atoms with E-state index in [2.05, 4.69) is 15.9 Å². The van der Waals surface area contributed by atoms with E-state index in [1.807, 2.05) is 19.1 Å². The fourth-order valence-corrected chi connectivity index (χ4v) is 4.99. The van der Waals surface area contributed by atoms with Crippen LogP contribution in [0.3, 0.4) is 0 Å². The first-order chi connectivity index (χ1) is 16.8. The fraction of sp³-hybridized carbons (Fsp3) is 0.308. The van der Waals surface area contributed by atoms with Crippen LogP contribution in [0.1, 0.15) is 43.2 Å². The topological polar surface area (TPSA) is 97.1 Å². The van der Waals surface area contributed by atoms with Gasteiger partial charge in [0.2, 0.25) is 5.88 Å². The standard InChI is InChI=1S/C26H25BrClNO6/c1-3-33-20-12-15(11-17(27)24(20)34-13-14-7-9-16(28)10-8-14)21-22-18(30)5-4-6-19(22)35-25(29)23(21)26(31)32-2/h7-12,21H,3-6,13,29H2,1-2H3/t21-/m1/s1. The van der Waals surface area contributed by atoms with E-state index in [0.717, 1.165) is 5.56 Å². The maximum atomic E-state index is 13.0. The van der Waals surface area contributed by atoms with Crippen molar-refractivity contribution in [3.63, 3.8) is 0 Å². The van der Waals surface area contributed by atoms with Crippen LogP contribution >= 0.6 is 27.5 Å². The van der Waals surface area contributed by atoms with Crippen LogP contribution in [0.15, 0.2) is 63.7 Å². The first-order valence-corrected chi connectivity index (χ1v) is 12.4. The molecule has 0 spiro atoms. The number of rotatable bonds is 7. The Morgan fingerprint density at radius 3 is 2.63 bits per heavy atom. The van der Waals surface area contributed by atoms with E-state index in [0.29, 0.717) is 70.4 Å². The molecule has 0 fully saturated rings. The van der Waals surface area contributed by atoms with Gasteiger partial charge in [-0.2, -0.15) is 0 Å². The number of nitrogens with two attached hydrogens (primary N) is 1. The average Bonchev–Trinajstić information content (AvgIpc) is 2.83. The first-order valence-electron chi connectivity index (χ1n) is 11.2. The summed E-state index contributed by atoms with van der Waals surface area (Å²) in [6, 6.07) is 10.9. The Bertz CT molecular complexity index is 1220. The van der Waals surface area contributed by atoms with Crippen molar-refractivity contribution in [1.29, 1.82) is 0 Å². The molecule has 0 aromatic heterocycles. The van der Waals surface area contributed by atoms with Gasteiger partial charge in [-0.05, 0) is 64.7 Å². The molecule has 2 N–H and O–H groups in total. The Hall–Kier alpha value is -2.97. The van der Waals surface area contributed by atoms with Crippen LogP contribution in [0.4, 0.5) is 0 Å². The molecular weight excluding hydrogens is 538 g/mol. The summed E-state index contributed by atoms with van der Waals surface area (Å²) < 4.78 is 23.3. The summed E-state index contributed by atoms with van der Waals surface area (Å²) in [5.74, 6) is -0.0958. The van der Waals surface area contributed by atoms with Gasteiger partial charge in [0, 0.05) is 23.4 Å². The summed E-state index contributed by atoms with van der Waals surface area (Å²) >= 11 is 9.57. The van der Waals surface area contributed by atoms with Gasteiger partial charge >= 0.3 is 5.97 Å². The molecule has 2 aromatic carbocycles. The molecule has 2 aromatic rings. The van der Waals surface area contributed by atoms with E-state index in [1.165, 1.54) is 7.11 Å². The van der Waals surface area contributed by atoms with E-state index in [9.17, 15) is 9.59 Å². The number of allylic oxidation sites excluding steroid dienone is 2. The van der Waals surface area contributed by atoms with Crippen LogP contribution in [0.5, 0.6) is 11.5 Å². The molecule has 7 nitrogen and oxygen atoms in total. The lowest BCUT2D eigenvalue weighted by Crippen LogP contribution is -2.31. The minimum Gasteiger partial charge on any atom is -0.490 e. The lowest BCUT2D eigenvalue weighted by molar-refractivity contribution is -0.136. The minimum atomic E-state index is -0.750. The SMILES string of the molecule is CCOc1cc([C@H]2C(C(=O)OC)=C(N)OC3=C2C(=O)CCC3)cc(Br)c1OCc1ccc(Cl)cc1. The molecule has 1 aliphatic heterocycles. The number of ether oxygens (including phenoxy) is 4. The third kappa shape index (κ3) is 5.18. The lowest BCUT2D eigenvalue weighted by Gasteiger charge is -2.32. The Balaban J connectivity index is 1.78. The molecule has 4 rings (SSSR count). The predicted molar refractivity (Wildman–Crippen MR) is 134 cm³/mol. The van der Waals surface area contributed by atoms with E-state index in [1.54, 1.807) is 24.3 Å². The monoisotopic (exact) mass is 561 g/mol. The highest BCUT2D eigenvalue weighted by Crippen LogP contribution is 2.47. The minimum absolute atomic E-state index is 0.0625. The number of benzene rings is 2. The van der Waals surface area contributed by atoms with Gasteiger partial charge in [-0.1, -0.05) is 23.7 Å². The number of hydrogen-bond donors (Lipinski definition) is 1. The third-order valence-electron chi connectivity index (χ3n) is 5.85. The molecule has 1 aliphatic carbocycles. The number of hydrogen-bond acceptors (Lipinski definition) is 7.